The van der Waals surface area contributed by atoms with Crippen molar-refractivity contribution in [3.8, 4) is 11.8 Å². The molecule has 11 heteroatoms. The van der Waals surface area contributed by atoms with E-state index in [1.165, 1.54) is 18.5 Å². The van der Waals surface area contributed by atoms with Crippen LogP contribution < -0.4 is 11.1 Å². The number of likely N-dealkylation sites (N-methyl/N-ethyl adjacent to an activating group) is 1. The molecular weight excluding hydrogens is 567 g/mol. The number of fused-ring (bicyclic) bond motifs is 1. The van der Waals surface area contributed by atoms with Gasteiger partial charge in [0.15, 0.2) is 0 Å². The van der Waals surface area contributed by atoms with Gasteiger partial charge in [0, 0.05) is 61.8 Å². The standard InChI is InChI=1S/C33H36F3N7O/c1-5-41-12-14-42(15-13-41)18-25-10-11-27(17-28(25)33(34,35)36)40-32(44)24-7-6-22(4)23(16-24)8-9-26-19-43(21(2)3)31-29(26)30(37)38-20-39-31/h6-7,10-11,16-17,19-21H,5,12-15,18H2,1-4H3,(H,40,44)(H2,37,38,39). The summed E-state index contributed by atoms with van der Waals surface area (Å²) in [6.07, 6.45) is -1.26. The van der Waals surface area contributed by atoms with Crippen LogP contribution in [0.3, 0.4) is 0 Å². The highest BCUT2D eigenvalue weighted by molar-refractivity contribution is 6.04. The van der Waals surface area contributed by atoms with Gasteiger partial charge < -0.3 is 20.5 Å². The van der Waals surface area contributed by atoms with E-state index >= 15 is 0 Å². The van der Waals surface area contributed by atoms with Crippen LogP contribution >= 0.6 is 0 Å². The maximum Gasteiger partial charge on any atom is 0.416 e. The molecule has 8 nitrogen and oxygen atoms in total. The van der Waals surface area contributed by atoms with Crippen molar-refractivity contribution in [2.75, 3.05) is 43.8 Å². The average Bonchev–Trinajstić information content (AvgIpc) is 3.37. The first-order chi connectivity index (χ1) is 20.9. The Kier molecular flexibility index (Phi) is 8.95. The van der Waals surface area contributed by atoms with E-state index in [4.69, 9.17) is 5.73 Å². The minimum absolute atomic E-state index is 0.0760. The van der Waals surface area contributed by atoms with Gasteiger partial charge in [-0.2, -0.15) is 13.2 Å². The molecule has 0 atom stereocenters. The first-order valence-corrected chi connectivity index (χ1v) is 14.6. The van der Waals surface area contributed by atoms with Gasteiger partial charge in [0.05, 0.1) is 16.5 Å². The highest BCUT2D eigenvalue weighted by Gasteiger charge is 2.34. The molecule has 1 fully saturated rings. The Bertz CT molecular complexity index is 1740. The SMILES string of the molecule is CCN1CCN(Cc2ccc(NC(=O)c3ccc(C)c(C#Cc4cn(C(C)C)c5ncnc(N)c45)c3)cc2C(F)(F)F)CC1. The maximum absolute atomic E-state index is 14.1. The Hall–Kier alpha value is -4.40. The Balaban J connectivity index is 1.37. The fourth-order valence-corrected chi connectivity index (χ4v) is 5.39. The normalized spacial score (nSPS) is 14.5. The lowest BCUT2D eigenvalue weighted by Crippen LogP contribution is -2.45. The lowest BCUT2D eigenvalue weighted by molar-refractivity contribution is -0.138. The summed E-state index contributed by atoms with van der Waals surface area (Å²) >= 11 is 0. The van der Waals surface area contributed by atoms with Gasteiger partial charge in [-0.25, -0.2) is 9.97 Å². The van der Waals surface area contributed by atoms with Crippen LogP contribution in [0.15, 0.2) is 48.9 Å². The number of nitrogens with two attached hydrogens (primary N) is 1. The number of hydrogen-bond acceptors (Lipinski definition) is 6. The summed E-state index contributed by atoms with van der Waals surface area (Å²) in [6, 6.07) is 9.14. The number of aromatic nitrogens is 3. The van der Waals surface area contributed by atoms with Crippen LogP contribution in [-0.2, 0) is 12.7 Å². The number of halogens is 3. The molecule has 1 amide bonds. The molecule has 230 valence electrons. The number of nitrogens with one attached hydrogen (secondary N) is 1. The second-order valence-electron chi connectivity index (χ2n) is 11.3. The summed E-state index contributed by atoms with van der Waals surface area (Å²) in [5, 5.41) is 3.30. The predicted molar refractivity (Wildman–Crippen MR) is 166 cm³/mol. The van der Waals surface area contributed by atoms with Gasteiger partial charge in [-0.1, -0.05) is 30.9 Å². The van der Waals surface area contributed by atoms with Gasteiger partial charge in [0.1, 0.15) is 17.8 Å². The van der Waals surface area contributed by atoms with Gasteiger partial charge in [-0.05, 0) is 62.7 Å². The monoisotopic (exact) mass is 603 g/mol. The van der Waals surface area contributed by atoms with Crippen LogP contribution in [0.5, 0.6) is 0 Å². The highest BCUT2D eigenvalue weighted by atomic mass is 19.4. The van der Waals surface area contributed by atoms with Crippen LogP contribution in [0.1, 0.15) is 65.0 Å². The number of carbonyl (C=O) groups excluding carboxylic acids is 1. The molecule has 5 rings (SSSR count). The van der Waals surface area contributed by atoms with E-state index in [1.807, 2.05) is 36.4 Å². The van der Waals surface area contributed by atoms with Gasteiger partial charge in [-0.15, -0.1) is 0 Å². The van der Waals surface area contributed by atoms with Crippen LogP contribution in [0.25, 0.3) is 11.0 Å². The molecule has 2 aromatic carbocycles. The number of hydrogen-bond donors (Lipinski definition) is 2. The fourth-order valence-electron chi connectivity index (χ4n) is 5.39. The zero-order valence-corrected chi connectivity index (χ0v) is 25.3. The molecule has 0 saturated carbocycles. The number of piperazine rings is 1. The quantitative estimate of drug-likeness (QED) is 0.275. The number of alkyl halides is 3. The first-order valence-electron chi connectivity index (χ1n) is 14.6. The third kappa shape index (κ3) is 6.72. The molecule has 0 spiro atoms. The van der Waals surface area contributed by atoms with E-state index in [0.29, 0.717) is 41.1 Å². The second kappa shape index (κ2) is 12.7. The second-order valence-corrected chi connectivity index (χ2v) is 11.3. The van der Waals surface area contributed by atoms with Gasteiger partial charge in [-0.3, -0.25) is 9.69 Å². The van der Waals surface area contributed by atoms with E-state index < -0.39 is 17.6 Å². The summed E-state index contributed by atoms with van der Waals surface area (Å²) in [5.41, 5.74) is 8.75. The highest BCUT2D eigenvalue weighted by Crippen LogP contribution is 2.35. The maximum atomic E-state index is 14.1. The molecule has 1 aliphatic heterocycles. The largest absolute Gasteiger partial charge is 0.416 e. The smallest absolute Gasteiger partial charge is 0.383 e. The van der Waals surface area contributed by atoms with Crippen molar-refractivity contribution in [2.24, 2.45) is 0 Å². The third-order valence-corrected chi connectivity index (χ3v) is 8.01. The number of anilines is 2. The molecule has 0 bridgehead atoms. The molecule has 0 unspecified atom stereocenters. The van der Waals surface area contributed by atoms with Crippen LogP contribution in [0.2, 0.25) is 0 Å². The van der Waals surface area contributed by atoms with E-state index in [9.17, 15) is 18.0 Å². The van der Waals surface area contributed by atoms with Crippen molar-refractivity contribution in [1.82, 2.24) is 24.3 Å². The molecule has 0 aliphatic carbocycles. The number of nitrogen functional groups attached to an aromatic ring is 1. The van der Waals surface area contributed by atoms with E-state index in [-0.39, 0.29) is 29.4 Å². The molecule has 44 heavy (non-hydrogen) atoms. The molecule has 4 aromatic rings. The fraction of sp³-hybridized carbons (Fsp3) is 0.364. The number of amides is 1. The number of nitrogens with zero attached hydrogens (tertiary/aromatic N) is 5. The lowest BCUT2D eigenvalue weighted by Gasteiger charge is -2.34. The molecule has 3 heterocycles. The molecule has 0 radical (unpaired) electrons. The van der Waals surface area contributed by atoms with Crippen molar-refractivity contribution in [3.05, 3.63) is 82.3 Å². The van der Waals surface area contributed by atoms with Crippen molar-refractivity contribution in [2.45, 2.75) is 46.5 Å². The van der Waals surface area contributed by atoms with Crippen LogP contribution in [0, 0.1) is 18.8 Å². The van der Waals surface area contributed by atoms with E-state index in [0.717, 1.165) is 31.3 Å². The van der Waals surface area contributed by atoms with E-state index in [2.05, 4.69) is 38.9 Å². The zero-order chi connectivity index (χ0) is 31.6. The average molecular weight is 604 g/mol. The van der Waals surface area contributed by atoms with Crippen molar-refractivity contribution in [1.29, 1.82) is 0 Å². The predicted octanol–water partition coefficient (Wildman–Crippen LogP) is 5.71. The summed E-state index contributed by atoms with van der Waals surface area (Å²) < 4.78 is 44.2. The first kappa shape index (κ1) is 31.0. The van der Waals surface area contributed by atoms with Crippen LogP contribution in [0.4, 0.5) is 24.7 Å². The molecule has 1 aliphatic rings. The van der Waals surface area contributed by atoms with Gasteiger partial charge in [0.2, 0.25) is 0 Å². The Labute approximate surface area is 255 Å². The summed E-state index contributed by atoms with van der Waals surface area (Å²) in [6.45, 7) is 12.2. The van der Waals surface area contributed by atoms with E-state index in [1.54, 1.807) is 18.2 Å². The zero-order valence-electron chi connectivity index (χ0n) is 25.3. The Morgan fingerprint density at radius 1 is 1.02 bits per heavy atom. The van der Waals surface area contributed by atoms with Gasteiger partial charge in [0.25, 0.3) is 5.91 Å². The third-order valence-electron chi connectivity index (χ3n) is 8.01. The Morgan fingerprint density at radius 2 is 1.73 bits per heavy atom. The molecular formula is C33H36F3N7O. The number of benzene rings is 2. The lowest BCUT2D eigenvalue weighted by atomic mass is 10.0. The molecule has 2 aromatic heterocycles. The number of aryl methyl sites for hydroxylation is 1. The van der Waals surface area contributed by atoms with Crippen molar-refractivity contribution >= 4 is 28.4 Å². The summed E-state index contributed by atoms with van der Waals surface area (Å²) in [5.74, 6) is 6.08. The number of rotatable bonds is 6. The Morgan fingerprint density at radius 3 is 2.41 bits per heavy atom. The molecule has 1 saturated heterocycles. The summed E-state index contributed by atoms with van der Waals surface area (Å²) in [4.78, 5) is 26.0. The van der Waals surface area contributed by atoms with Gasteiger partial charge >= 0.3 is 6.18 Å². The minimum Gasteiger partial charge on any atom is -0.383 e. The topological polar surface area (TPSA) is 92.3 Å². The molecule has 3 N–H and O–H groups in total. The number of carbonyl (C=O) groups is 1. The van der Waals surface area contributed by atoms with Crippen molar-refractivity contribution < 1.29 is 18.0 Å². The minimum atomic E-state index is -4.55. The summed E-state index contributed by atoms with van der Waals surface area (Å²) in [7, 11) is 0. The van der Waals surface area contributed by atoms with Crippen LogP contribution in [-0.4, -0.2) is 63.0 Å². The van der Waals surface area contributed by atoms with Crippen molar-refractivity contribution in [3.63, 3.8) is 0 Å².